The van der Waals surface area contributed by atoms with Gasteiger partial charge in [-0.15, -0.1) is 0 Å². The number of fused-ring (bicyclic) bond motifs is 1. The van der Waals surface area contributed by atoms with Crippen LogP contribution in [0.1, 0.15) is 18.4 Å². The number of hydrogen-bond donors (Lipinski definition) is 0. The maximum absolute atomic E-state index is 12.8. The molecular weight excluding hydrogens is 324 g/mol. The summed E-state index contributed by atoms with van der Waals surface area (Å²) in [5.41, 5.74) is 2.57. The Kier molecular flexibility index (Phi) is 5.10. The minimum absolute atomic E-state index is 0.181. The molecule has 0 saturated heterocycles. The molecule has 0 saturated carbocycles. The highest BCUT2D eigenvalue weighted by Crippen LogP contribution is 2.25. The molecule has 0 bridgehead atoms. The van der Waals surface area contributed by atoms with E-state index < -0.39 is 5.92 Å². The zero-order valence-electron chi connectivity index (χ0n) is 14.5. The van der Waals surface area contributed by atoms with Gasteiger partial charge < -0.3 is 0 Å². The molecule has 0 spiro atoms. The van der Waals surface area contributed by atoms with E-state index in [1.807, 2.05) is 55.5 Å². The van der Waals surface area contributed by atoms with Gasteiger partial charge in [-0.25, -0.2) is 4.68 Å². The number of nitriles is 2. The fraction of sp³-hybridized carbons (Fsp3) is 0.238. The van der Waals surface area contributed by atoms with Gasteiger partial charge in [0.25, 0.3) is 5.56 Å². The first-order valence-electron chi connectivity index (χ1n) is 8.47. The SMILES string of the molecule is Cc1ccc(-c2nn(CC(C#N)CCC#N)c(=O)c3ccccc23)cc1. The first-order chi connectivity index (χ1) is 12.6. The van der Waals surface area contributed by atoms with Crippen molar-refractivity contribution in [2.45, 2.75) is 26.3 Å². The number of nitrogens with zero attached hydrogens (tertiary/aromatic N) is 4. The lowest BCUT2D eigenvalue weighted by molar-refractivity contribution is 0.463. The summed E-state index contributed by atoms with van der Waals surface area (Å²) in [4.78, 5) is 12.8. The molecule has 0 radical (unpaired) electrons. The van der Waals surface area contributed by atoms with Gasteiger partial charge in [0.05, 0.1) is 35.7 Å². The first-order valence-corrected chi connectivity index (χ1v) is 8.47. The number of benzene rings is 2. The Bertz CT molecular complexity index is 1070. The molecule has 0 N–H and O–H groups in total. The van der Waals surface area contributed by atoms with Gasteiger partial charge in [-0.1, -0.05) is 48.0 Å². The van der Waals surface area contributed by atoms with E-state index >= 15 is 0 Å². The summed E-state index contributed by atoms with van der Waals surface area (Å²) in [6.07, 6.45) is 0.708. The fourth-order valence-electron chi connectivity index (χ4n) is 2.93. The molecule has 0 fully saturated rings. The summed E-state index contributed by atoms with van der Waals surface area (Å²) in [6.45, 7) is 2.20. The van der Waals surface area contributed by atoms with Crippen LogP contribution in [0, 0.1) is 35.5 Å². The lowest BCUT2D eigenvalue weighted by Crippen LogP contribution is -2.27. The first kappa shape index (κ1) is 17.4. The Morgan fingerprint density at radius 1 is 1.08 bits per heavy atom. The molecule has 0 aliphatic heterocycles. The van der Waals surface area contributed by atoms with Gasteiger partial charge in [-0.3, -0.25) is 4.79 Å². The highest BCUT2D eigenvalue weighted by molar-refractivity contribution is 5.93. The molecule has 26 heavy (non-hydrogen) atoms. The molecule has 5 nitrogen and oxygen atoms in total. The highest BCUT2D eigenvalue weighted by Gasteiger charge is 2.15. The second-order valence-electron chi connectivity index (χ2n) is 6.27. The number of aryl methyl sites for hydroxylation is 1. The summed E-state index contributed by atoms with van der Waals surface area (Å²) in [6, 6.07) is 19.6. The monoisotopic (exact) mass is 342 g/mol. The normalized spacial score (nSPS) is 11.7. The minimum Gasteiger partial charge on any atom is -0.267 e. The Morgan fingerprint density at radius 2 is 1.77 bits per heavy atom. The van der Waals surface area contributed by atoms with Crippen LogP contribution in [0.15, 0.2) is 53.3 Å². The third-order valence-corrected chi connectivity index (χ3v) is 4.37. The van der Waals surface area contributed by atoms with E-state index in [0.717, 1.165) is 22.2 Å². The molecule has 3 aromatic rings. The zero-order chi connectivity index (χ0) is 18.5. The number of rotatable bonds is 5. The van der Waals surface area contributed by atoms with Crippen LogP contribution in [-0.2, 0) is 6.54 Å². The maximum Gasteiger partial charge on any atom is 0.274 e. The van der Waals surface area contributed by atoms with Gasteiger partial charge in [-0.2, -0.15) is 15.6 Å². The molecule has 3 rings (SSSR count). The standard InChI is InChI=1S/C21H18N4O/c1-15-8-10-17(11-9-15)20-18-6-2-3-7-19(18)21(26)25(24-20)14-16(13-23)5-4-12-22/h2-3,6-11,16H,4-5,14H2,1H3. The number of aromatic nitrogens is 2. The van der Waals surface area contributed by atoms with E-state index in [1.165, 1.54) is 4.68 Å². The predicted octanol–water partition coefficient (Wildman–Crippen LogP) is 3.82. The molecule has 1 unspecified atom stereocenters. The van der Waals surface area contributed by atoms with Crippen molar-refractivity contribution >= 4 is 10.8 Å². The molecule has 0 aliphatic carbocycles. The summed E-state index contributed by atoms with van der Waals surface area (Å²) >= 11 is 0. The van der Waals surface area contributed by atoms with Crippen molar-refractivity contribution in [3.05, 3.63) is 64.4 Å². The molecule has 5 heteroatoms. The third kappa shape index (κ3) is 3.48. The number of hydrogen-bond acceptors (Lipinski definition) is 4. The molecular formula is C21H18N4O. The minimum atomic E-state index is -0.424. The van der Waals surface area contributed by atoms with Gasteiger partial charge in [0.1, 0.15) is 0 Å². The van der Waals surface area contributed by atoms with Crippen LogP contribution in [0.4, 0.5) is 0 Å². The summed E-state index contributed by atoms with van der Waals surface area (Å²) in [7, 11) is 0. The molecule has 2 aromatic carbocycles. The molecule has 1 heterocycles. The average molecular weight is 342 g/mol. The molecule has 1 atom stereocenters. The Labute approximate surface area is 151 Å². The van der Waals surface area contributed by atoms with Gasteiger partial charge >= 0.3 is 0 Å². The van der Waals surface area contributed by atoms with Crippen molar-refractivity contribution in [3.63, 3.8) is 0 Å². The van der Waals surface area contributed by atoms with Crippen molar-refractivity contribution in [2.24, 2.45) is 5.92 Å². The second kappa shape index (κ2) is 7.63. The summed E-state index contributed by atoms with van der Waals surface area (Å²) < 4.78 is 1.36. The van der Waals surface area contributed by atoms with Crippen LogP contribution < -0.4 is 5.56 Å². The van der Waals surface area contributed by atoms with Crippen LogP contribution in [0.25, 0.3) is 22.0 Å². The van der Waals surface area contributed by atoms with Gasteiger partial charge in [0, 0.05) is 17.4 Å². The highest BCUT2D eigenvalue weighted by atomic mass is 16.1. The van der Waals surface area contributed by atoms with E-state index in [9.17, 15) is 10.1 Å². The van der Waals surface area contributed by atoms with E-state index in [4.69, 9.17) is 5.26 Å². The van der Waals surface area contributed by atoms with Crippen LogP contribution >= 0.6 is 0 Å². The quantitative estimate of drug-likeness (QED) is 0.706. The third-order valence-electron chi connectivity index (χ3n) is 4.37. The average Bonchev–Trinajstić information content (AvgIpc) is 2.67. The van der Waals surface area contributed by atoms with Gasteiger partial charge in [0.2, 0.25) is 0 Å². The van der Waals surface area contributed by atoms with E-state index in [1.54, 1.807) is 6.07 Å². The zero-order valence-corrected chi connectivity index (χ0v) is 14.5. The van der Waals surface area contributed by atoms with Crippen LogP contribution in [-0.4, -0.2) is 9.78 Å². The molecule has 1 aromatic heterocycles. The van der Waals surface area contributed by atoms with E-state index in [2.05, 4.69) is 11.2 Å². The molecule has 128 valence electrons. The van der Waals surface area contributed by atoms with Crippen molar-refractivity contribution in [3.8, 4) is 23.4 Å². The van der Waals surface area contributed by atoms with Gasteiger partial charge in [-0.05, 0) is 19.4 Å². The smallest absolute Gasteiger partial charge is 0.267 e. The van der Waals surface area contributed by atoms with Crippen LogP contribution in [0.3, 0.4) is 0 Å². The van der Waals surface area contributed by atoms with Crippen molar-refractivity contribution < 1.29 is 0 Å². The Morgan fingerprint density at radius 3 is 2.42 bits per heavy atom. The summed E-state index contributed by atoms with van der Waals surface area (Å²) in [5, 5.41) is 24.0. The molecule has 0 aliphatic rings. The van der Waals surface area contributed by atoms with E-state index in [0.29, 0.717) is 11.8 Å². The second-order valence-corrected chi connectivity index (χ2v) is 6.27. The maximum atomic E-state index is 12.8. The van der Waals surface area contributed by atoms with Crippen LogP contribution in [0.2, 0.25) is 0 Å². The lowest BCUT2D eigenvalue weighted by atomic mass is 10.0. The predicted molar refractivity (Wildman–Crippen MR) is 100 cm³/mol. The largest absolute Gasteiger partial charge is 0.274 e. The molecule has 0 amide bonds. The summed E-state index contributed by atoms with van der Waals surface area (Å²) in [5.74, 6) is -0.424. The van der Waals surface area contributed by atoms with Gasteiger partial charge in [0.15, 0.2) is 0 Å². The lowest BCUT2D eigenvalue weighted by Gasteiger charge is -2.13. The fourth-order valence-corrected chi connectivity index (χ4v) is 2.93. The van der Waals surface area contributed by atoms with Crippen molar-refractivity contribution in [2.75, 3.05) is 0 Å². The van der Waals surface area contributed by atoms with Crippen molar-refractivity contribution in [1.29, 1.82) is 10.5 Å². The Balaban J connectivity index is 2.14. The van der Waals surface area contributed by atoms with E-state index in [-0.39, 0.29) is 18.5 Å². The van der Waals surface area contributed by atoms with Crippen LogP contribution in [0.5, 0.6) is 0 Å². The Hall–Kier alpha value is -3.44. The topological polar surface area (TPSA) is 82.5 Å². The van der Waals surface area contributed by atoms with Crippen molar-refractivity contribution in [1.82, 2.24) is 9.78 Å².